The molecule has 0 aromatic rings. The molecule has 0 aromatic carbocycles. The summed E-state index contributed by atoms with van der Waals surface area (Å²) >= 11 is 2.97. The van der Waals surface area contributed by atoms with Gasteiger partial charge in [-0.2, -0.15) is 0 Å². The summed E-state index contributed by atoms with van der Waals surface area (Å²) in [6.45, 7) is 14.1. The van der Waals surface area contributed by atoms with Crippen LogP contribution in [-0.2, 0) is 8.37 Å². The topological polar surface area (TPSA) is 18.5 Å². The van der Waals surface area contributed by atoms with E-state index >= 15 is 0 Å². The summed E-state index contributed by atoms with van der Waals surface area (Å²) in [6, 6.07) is 0. The molecule has 0 radical (unpaired) electrons. The average molecular weight is 375 g/mol. The van der Waals surface area contributed by atoms with Gasteiger partial charge in [0.2, 0.25) is 0 Å². The largest absolute Gasteiger partial charge is 0.300 e. The maximum absolute atomic E-state index is 6.20. The molecule has 0 aromatic heterocycles. The first-order valence-corrected chi connectivity index (χ1v) is 12.0. The zero-order valence-electron chi connectivity index (χ0n) is 16.5. The highest BCUT2D eigenvalue weighted by atomic mass is 33.1. The molecule has 2 fully saturated rings. The summed E-state index contributed by atoms with van der Waals surface area (Å²) < 4.78 is 12.4. The molecular weight excluding hydrogens is 336 g/mol. The minimum atomic E-state index is 0.390. The Morgan fingerprint density at radius 1 is 0.667 bits per heavy atom. The molecule has 24 heavy (non-hydrogen) atoms. The lowest BCUT2D eigenvalue weighted by Crippen LogP contribution is -2.33. The lowest BCUT2D eigenvalue weighted by molar-refractivity contribution is 0.0589. The van der Waals surface area contributed by atoms with Gasteiger partial charge in [0.1, 0.15) is 0 Å². The van der Waals surface area contributed by atoms with Crippen molar-refractivity contribution in [1.82, 2.24) is 0 Å². The molecule has 0 aliphatic heterocycles. The van der Waals surface area contributed by atoms with E-state index in [0.717, 1.165) is 11.8 Å². The van der Waals surface area contributed by atoms with Crippen LogP contribution in [0.4, 0.5) is 0 Å². The lowest BCUT2D eigenvalue weighted by atomic mass is 9.75. The molecule has 2 aliphatic rings. The minimum absolute atomic E-state index is 0.390. The molecule has 0 saturated heterocycles. The Kier molecular flexibility index (Phi) is 8.79. The molecular formula is C20H38O2S2. The molecule has 0 heterocycles. The van der Waals surface area contributed by atoms with E-state index in [1.807, 2.05) is 0 Å². The zero-order valence-corrected chi connectivity index (χ0v) is 18.1. The monoisotopic (exact) mass is 374 g/mol. The van der Waals surface area contributed by atoms with Gasteiger partial charge in [-0.15, -0.1) is 0 Å². The molecule has 142 valence electrons. The predicted octanol–water partition coefficient (Wildman–Crippen LogP) is 7.15. The Hall–Kier alpha value is 0.620. The Morgan fingerprint density at radius 2 is 1.04 bits per heavy atom. The van der Waals surface area contributed by atoms with Crippen molar-refractivity contribution in [2.24, 2.45) is 35.5 Å². The van der Waals surface area contributed by atoms with E-state index < -0.39 is 0 Å². The van der Waals surface area contributed by atoms with Gasteiger partial charge >= 0.3 is 0 Å². The lowest BCUT2D eigenvalue weighted by Gasteiger charge is -2.37. The molecule has 0 bridgehead atoms. The van der Waals surface area contributed by atoms with Crippen LogP contribution in [0.5, 0.6) is 0 Å². The summed E-state index contributed by atoms with van der Waals surface area (Å²) in [7, 11) is 0. The molecule has 4 heteroatoms. The summed E-state index contributed by atoms with van der Waals surface area (Å²) in [5, 5.41) is 0. The van der Waals surface area contributed by atoms with Gasteiger partial charge in [0.25, 0.3) is 0 Å². The Bertz CT molecular complexity index is 328. The van der Waals surface area contributed by atoms with E-state index in [9.17, 15) is 0 Å². The molecule has 0 N–H and O–H groups in total. The van der Waals surface area contributed by atoms with Gasteiger partial charge < -0.3 is 0 Å². The maximum Gasteiger partial charge on any atom is 0.0928 e. The number of rotatable bonds is 7. The minimum Gasteiger partial charge on any atom is -0.300 e. The fourth-order valence-electron chi connectivity index (χ4n) is 4.58. The normalized spacial score (nSPS) is 38.0. The molecule has 2 saturated carbocycles. The highest BCUT2D eigenvalue weighted by molar-refractivity contribution is 8.73. The summed E-state index contributed by atoms with van der Waals surface area (Å²) in [5.41, 5.74) is 0. The average Bonchev–Trinajstić information content (AvgIpc) is 2.51. The molecule has 1 unspecified atom stereocenters. The third-order valence-corrected chi connectivity index (χ3v) is 7.62. The van der Waals surface area contributed by atoms with E-state index in [4.69, 9.17) is 8.37 Å². The molecule has 6 atom stereocenters. The van der Waals surface area contributed by atoms with Crippen molar-refractivity contribution in [3.05, 3.63) is 0 Å². The SMILES string of the molecule is CC(C)C1CC[C@H](C)C[C@@H]1OSSO[C@@H]1C[C@H](C)CC[C@H]1C(C)C. The smallest absolute Gasteiger partial charge is 0.0928 e. The second kappa shape index (κ2) is 10.1. The summed E-state index contributed by atoms with van der Waals surface area (Å²) in [4.78, 5) is 0. The third kappa shape index (κ3) is 6.10. The Labute approximate surface area is 158 Å². The van der Waals surface area contributed by atoms with Crippen LogP contribution >= 0.6 is 22.1 Å². The van der Waals surface area contributed by atoms with Crippen molar-refractivity contribution in [3.63, 3.8) is 0 Å². The van der Waals surface area contributed by atoms with Gasteiger partial charge in [-0.25, -0.2) is 0 Å². The van der Waals surface area contributed by atoms with E-state index in [2.05, 4.69) is 41.5 Å². The molecule has 2 aliphatic carbocycles. The van der Waals surface area contributed by atoms with Crippen LogP contribution in [-0.4, -0.2) is 12.2 Å². The van der Waals surface area contributed by atoms with Crippen LogP contribution in [0.3, 0.4) is 0 Å². The van der Waals surface area contributed by atoms with Gasteiger partial charge in [-0.3, -0.25) is 8.37 Å². The van der Waals surface area contributed by atoms with Crippen molar-refractivity contribution < 1.29 is 8.37 Å². The second-order valence-electron chi connectivity index (χ2n) is 9.06. The van der Waals surface area contributed by atoms with Crippen LogP contribution in [0, 0.1) is 35.5 Å². The molecule has 0 spiro atoms. The van der Waals surface area contributed by atoms with E-state index in [-0.39, 0.29) is 0 Å². The van der Waals surface area contributed by atoms with E-state index in [1.165, 1.54) is 60.7 Å². The fourth-order valence-corrected chi connectivity index (χ4v) is 6.09. The van der Waals surface area contributed by atoms with Crippen LogP contribution in [0.25, 0.3) is 0 Å². The summed E-state index contributed by atoms with van der Waals surface area (Å²) in [6.07, 6.45) is 8.51. The van der Waals surface area contributed by atoms with Crippen molar-refractivity contribution in [2.75, 3.05) is 0 Å². The van der Waals surface area contributed by atoms with E-state index in [1.54, 1.807) is 0 Å². The van der Waals surface area contributed by atoms with E-state index in [0.29, 0.717) is 35.9 Å². The highest BCUT2D eigenvalue weighted by Crippen LogP contribution is 2.42. The van der Waals surface area contributed by atoms with Crippen LogP contribution in [0.15, 0.2) is 0 Å². The first-order chi connectivity index (χ1) is 11.4. The van der Waals surface area contributed by atoms with Gasteiger partial charge in [0, 0.05) is 0 Å². The van der Waals surface area contributed by atoms with Crippen molar-refractivity contribution >= 4 is 22.1 Å². The van der Waals surface area contributed by atoms with Gasteiger partial charge in [-0.1, -0.05) is 54.4 Å². The number of hydrogen-bond acceptors (Lipinski definition) is 4. The van der Waals surface area contributed by atoms with Gasteiger partial charge in [0.05, 0.1) is 34.4 Å². The van der Waals surface area contributed by atoms with Crippen molar-refractivity contribution in [3.8, 4) is 0 Å². The van der Waals surface area contributed by atoms with Crippen molar-refractivity contribution in [1.29, 1.82) is 0 Å². The molecule has 2 rings (SSSR count). The Balaban J connectivity index is 1.76. The maximum atomic E-state index is 6.20. The van der Waals surface area contributed by atoms with Crippen LogP contribution < -0.4 is 0 Å². The van der Waals surface area contributed by atoms with Crippen LogP contribution in [0.2, 0.25) is 0 Å². The summed E-state index contributed by atoms with van der Waals surface area (Å²) in [5.74, 6) is 4.40. The third-order valence-electron chi connectivity index (χ3n) is 6.28. The fraction of sp³-hybridized carbons (Fsp3) is 1.00. The van der Waals surface area contributed by atoms with Crippen LogP contribution in [0.1, 0.15) is 80.1 Å². The quantitative estimate of drug-likeness (QED) is 0.267. The zero-order chi connectivity index (χ0) is 17.7. The Morgan fingerprint density at radius 3 is 1.38 bits per heavy atom. The highest BCUT2D eigenvalue weighted by Gasteiger charge is 2.34. The molecule has 2 nitrogen and oxygen atoms in total. The number of hydrogen-bond donors (Lipinski definition) is 0. The van der Waals surface area contributed by atoms with Gasteiger partial charge in [0.15, 0.2) is 0 Å². The second-order valence-corrected chi connectivity index (χ2v) is 10.5. The first kappa shape index (κ1) is 20.9. The first-order valence-electron chi connectivity index (χ1n) is 10.0. The standard InChI is InChI=1S/C20H38O2S2/c1-13(2)17-9-7-15(5)11-19(17)21-23-24-22-20-12-16(6)8-10-18(20)14(3)4/h13-20H,7-12H2,1-6H3/t15-,16+,17+,18?,19-,20+/m1/s1. The van der Waals surface area contributed by atoms with Gasteiger partial charge in [-0.05, 0) is 61.2 Å². The molecule has 0 amide bonds. The van der Waals surface area contributed by atoms with Crippen molar-refractivity contribution in [2.45, 2.75) is 92.3 Å². The predicted molar refractivity (Wildman–Crippen MR) is 108 cm³/mol.